The average molecular weight is 160 g/mol. The third-order valence-electron chi connectivity index (χ3n) is 0.984. The summed E-state index contributed by atoms with van der Waals surface area (Å²) in [5, 5.41) is 0.558. The molecule has 48 valence electrons. The summed E-state index contributed by atoms with van der Waals surface area (Å²) in [5.41, 5.74) is 6.01. The first-order chi connectivity index (χ1) is 4.20. The van der Waals surface area contributed by atoms with Gasteiger partial charge in [-0.1, -0.05) is 11.6 Å². The molecule has 0 spiro atoms. The van der Waals surface area contributed by atoms with E-state index in [1.54, 1.807) is 18.2 Å². The van der Waals surface area contributed by atoms with Crippen molar-refractivity contribution in [2.24, 2.45) is 0 Å². The van der Waals surface area contributed by atoms with Crippen LogP contribution in [-0.2, 0) is 0 Å². The Morgan fingerprint density at radius 3 is 2.56 bits per heavy atom. The second-order valence-corrected chi connectivity index (χ2v) is 2.63. The van der Waals surface area contributed by atoms with Crippen LogP contribution in [0.15, 0.2) is 23.1 Å². The molecule has 0 saturated heterocycles. The van der Waals surface area contributed by atoms with Crippen molar-refractivity contribution in [1.29, 1.82) is 0 Å². The second-order valence-electron chi connectivity index (χ2n) is 1.71. The average Bonchev–Trinajstić information content (AvgIpc) is 1.80. The lowest BCUT2D eigenvalue weighted by molar-refractivity contribution is 1.48. The first-order valence-corrected chi connectivity index (χ1v) is 3.26. The molecule has 0 atom stereocenters. The third-order valence-corrected chi connectivity index (χ3v) is 1.59. The van der Waals surface area contributed by atoms with E-state index in [9.17, 15) is 0 Å². The lowest BCUT2D eigenvalue weighted by Crippen LogP contribution is -1.84. The molecule has 0 aliphatic heterocycles. The summed E-state index contributed by atoms with van der Waals surface area (Å²) in [4.78, 5) is 0.828. The van der Waals surface area contributed by atoms with Crippen LogP contribution in [-0.4, -0.2) is 0 Å². The predicted octanol–water partition coefficient (Wildman–Crippen LogP) is 2.21. The number of hydrogen-bond donors (Lipinski definition) is 2. The molecule has 0 aliphatic rings. The summed E-state index contributed by atoms with van der Waals surface area (Å²) >= 11 is 9.70. The van der Waals surface area contributed by atoms with Crippen molar-refractivity contribution in [3.63, 3.8) is 0 Å². The van der Waals surface area contributed by atoms with E-state index >= 15 is 0 Å². The number of thiol groups is 1. The normalized spacial score (nSPS) is 9.56. The highest BCUT2D eigenvalue weighted by molar-refractivity contribution is 7.80. The molecule has 0 aromatic heterocycles. The van der Waals surface area contributed by atoms with Crippen molar-refractivity contribution in [2.75, 3.05) is 5.73 Å². The highest BCUT2D eigenvalue weighted by Gasteiger charge is 1.92. The van der Waals surface area contributed by atoms with E-state index in [1.165, 1.54) is 0 Å². The topological polar surface area (TPSA) is 26.0 Å². The van der Waals surface area contributed by atoms with Gasteiger partial charge >= 0.3 is 0 Å². The molecule has 0 bridgehead atoms. The van der Waals surface area contributed by atoms with Gasteiger partial charge in [0.05, 0.1) is 10.7 Å². The fourth-order valence-corrected chi connectivity index (χ4v) is 0.976. The van der Waals surface area contributed by atoms with E-state index in [1.807, 2.05) is 0 Å². The molecule has 0 heterocycles. The summed E-state index contributed by atoms with van der Waals surface area (Å²) < 4.78 is 0. The molecule has 0 amide bonds. The summed E-state index contributed by atoms with van der Waals surface area (Å²) in [6.07, 6.45) is 0. The molecule has 2 N–H and O–H groups in total. The number of anilines is 1. The van der Waals surface area contributed by atoms with Crippen LogP contribution in [0.3, 0.4) is 0 Å². The molecule has 3 heteroatoms. The Hall–Kier alpha value is -0.340. The van der Waals surface area contributed by atoms with Crippen LogP contribution in [0.1, 0.15) is 0 Å². The number of benzene rings is 1. The minimum Gasteiger partial charge on any atom is -0.398 e. The minimum absolute atomic E-state index is 0.558. The van der Waals surface area contributed by atoms with E-state index in [4.69, 9.17) is 17.3 Å². The Labute approximate surface area is 64.2 Å². The number of halogens is 1. The van der Waals surface area contributed by atoms with Gasteiger partial charge in [-0.15, -0.1) is 12.6 Å². The van der Waals surface area contributed by atoms with Gasteiger partial charge in [0.15, 0.2) is 0 Å². The lowest BCUT2D eigenvalue weighted by atomic mass is 10.3. The highest BCUT2D eigenvalue weighted by Crippen LogP contribution is 2.20. The molecule has 0 fully saturated rings. The smallest absolute Gasteiger partial charge is 0.0646 e. The molecule has 0 aliphatic carbocycles. The highest BCUT2D eigenvalue weighted by atomic mass is 35.5. The molecule has 1 nitrogen and oxygen atoms in total. The van der Waals surface area contributed by atoms with E-state index in [2.05, 4.69) is 12.6 Å². The Bertz CT molecular complexity index is 224. The summed E-state index contributed by atoms with van der Waals surface area (Å²) in [5.74, 6) is 0. The van der Waals surface area contributed by atoms with Gasteiger partial charge in [0, 0.05) is 4.90 Å². The van der Waals surface area contributed by atoms with Gasteiger partial charge in [0.25, 0.3) is 0 Å². The number of nitrogen functional groups attached to an aromatic ring is 1. The zero-order valence-corrected chi connectivity index (χ0v) is 6.28. The van der Waals surface area contributed by atoms with Crippen LogP contribution >= 0.6 is 24.2 Å². The third kappa shape index (κ3) is 1.53. The largest absolute Gasteiger partial charge is 0.398 e. The maximum Gasteiger partial charge on any atom is 0.0646 e. The maximum atomic E-state index is 5.64. The van der Waals surface area contributed by atoms with Gasteiger partial charge in [-0.25, -0.2) is 0 Å². The van der Waals surface area contributed by atoms with Crippen molar-refractivity contribution in [1.82, 2.24) is 0 Å². The zero-order valence-electron chi connectivity index (χ0n) is 4.63. The summed E-state index contributed by atoms with van der Waals surface area (Å²) in [6.45, 7) is 0. The molecule has 0 saturated carbocycles. The predicted molar refractivity (Wildman–Crippen MR) is 43.1 cm³/mol. The van der Waals surface area contributed by atoms with Gasteiger partial charge < -0.3 is 5.73 Å². The Morgan fingerprint density at radius 2 is 2.11 bits per heavy atom. The van der Waals surface area contributed by atoms with E-state index in [0.717, 1.165) is 4.90 Å². The molecular weight excluding hydrogens is 154 g/mol. The number of rotatable bonds is 0. The SMILES string of the molecule is Nc1ccc(S)cc1Cl. The van der Waals surface area contributed by atoms with Crippen LogP contribution in [0, 0.1) is 0 Å². The van der Waals surface area contributed by atoms with Gasteiger partial charge in [0.1, 0.15) is 0 Å². The van der Waals surface area contributed by atoms with E-state index in [0.29, 0.717) is 10.7 Å². The van der Waals surface area contributed by atoms with Crippen molar-refractivity contribution in [3.05, 3.63) is 23.2 Å². The first-order valence-electron chi connectivity index (χ1n) is 2.44. The Kier molecular flexibility index (Phi) is 1.88. The quantitative estimate of drug-likeness (QED) is 0.441. The van der Waals surface area contributed by atoms with Crippen LogP contribution in [0.25, 0.3) is 0 Å². The summed E-state index contributed by atoms with van der Waals surface area (Å²) in [6, 6.07) is 5.23. The van der Waals surface area contributed by atoms with Gasteiger partial charge in [-0.05, 0) is 18.2 Å². The molecule has 1 aromatic carbocycles. The van der Waals surface area contributed by atoms with E-state index in [-0.39, 0.29) is 0 Å². The number of nitrogens with two attached hydrogens (primary N) is 1. The lowest BCUT2D eigenvalue weighted by Gasteiger charge is -1.95. The van der Waals surface area contributed by atoms with Crippen LogP contribution in [0.5, 0.6) is 0 Å². The molecule has 0 radical (unpaired) electrons. The van der Waals surface area contributed by atoms with Gasteiger partial charge in [-0.3, -0.25) is 0 Å². The van der Waals surface area contributed by atoms with Gasteiger partial charge in [-0.2, -0.15) is 0 Å². The van der Waals surface area contributed by atoms with Crippen LogP contribution < -0.4 is 5.73 Å². The van der Waals surface area contributed by atoms with Crippen molar-refractivity contribution < 1.29 is 0 Å². The first kappa shape index (κ1) is 6.78. The second kappa shape index (κ2) is 2.50. The molecule has 1 aromatic rings. The molecule has 0 unspecified atom stereocenters. The van der Waals surface area contributed by atoms with Gasteiger partial charge in [0.2, 0.25) is 0 Å². The van der Waals surface area contributed by atoms with Crippen LogP contribution in [0.2, 0.25) is 5.02 Å². The van der Waals surface area contributed by atoms with E-state index < -0.39 is 0 Å². The fourth-order valence-electron chi connectivity index (χ4n) is 0.516. The molecule has 9 heavy (non-hydrogen) atoms. The molecular formula is C6H6ClNS. The Morgan fingerprint density at radius 1 is 1.44 bits per heavy atom. The Balaban J connectivity index is 3.17. The monoisotopic (exact) mass is 159 g/mol. The van der Waals surface area contributed by atoms with Crippen molar-refractivity contribution in [2.45, 2.75) is 4.90 Å². The van der Waals surface area contributed by atoms with Crippen LogP contribution in [0.4, 0.5) is 5.69 Å². The number of hydrogen-bond acceptors (Lipinski definition) is 2. The van der Waals surface area contributed by atoms with Crippen molar-refractivity contribution in [3.8, 4) is 0 Å². The minimum atomic E-state index is 0.558. The standard InChI is InChI=1S/C6H6ClNS/c7-5-3-4(9)1-2-6(5)8/h1-3,9H,8H2. The van der Waals surface area contributed by atoms with Crippen molar-refractivity contribution >= 4 is 29.9 Å². The fraction of sp³-hybridized carbons (Fsp3) is 0. The molecule has 1 rings (SSSR count). The zero-order chi connectivity index (χ0) is 6.85. The maximum absolute atomic E-state index is 5.64. The summed E-state index contributed by atoms with van der Waals surface area (Å²) in [7, 11) is 0.